The van der Waals surface area contributed by atoms with Crippen molar-refractivity contribution in [3.8, 4) is 10.7 Å². The molecule has 21 heavy (non-hydrogen) atoms. The summed E-state index contributed by atoms with van der Waals surface area (Å²) >= 11 is 1.48. The van der Waals surface area contributed by atoms with Crippen LogP contribution in [0.25, 0.3) is 10.7 Å². The highest BCUT2D eigenvalue weighted by atomic mass is 32.1. The lowest BCUT2D eigenvalue weighted by Gasteiger charge is -2.11. The van der Waals surface area contributed by atoms with Crippen LogP contribution < -0.4 is 10.9 Å². The highest BCUT2D eigenvalue weighted by molar-refractivity contribution is 7.13. The summed E-state index contributed by atoms with van der Waals surface area (Å²) in [6.45, 7) is 3.29. The third kappa shape index (κ3) is 3.76. The Hall–Kier alpha value is -2.48. The van der Waals surface area contributed by atoms with E-state index in [9.17, 15) is 9.59 Å². The Morgan fingerprint density at radius 2 is 2.24 bits per heavy atom. The van der Waals surface area contributed by atoms with E-state index in [4.69, 9.17) is 4.74 Å². The second-order valence-electron chi connectivity index (χ2n) is 3.96. The minimum atomic E-state index is -0.553. The topological polar surface area (TPSA) is 93.2 Å². The van der Waals surface area contributed by atoms with Crippen molar-refractivity contribution in [2.75, 3.05) is 12.0 Å². The van der Waals surface area contributed by atoms with Gasteiger partial charge in [0.15, 0.2) is 11.6 Å². The summed E-state index contributed by atoms with van der Waals surface area (Å²) in [6, 6.07) is 3.75. The minimum Gasteiger partial charge on any atom is -0.462 e. The van der Waals surface area contributed by atoms with Gasteiger partial charge in [0.2, 0.25) is 5.91 Å². The number of esters is 1. The number of nitrogens with one attached hydrogen (secondary N) is 2. The van der Waals surface area contributed by atoms with Crippen LogP contribution in [0.2, 0.25) is 0 Å². The fraction of sp³-hybridized carbons (Fsp3) is 0.231. The minimum absolute atomic E-state index is 0.158. The summed E-state index contributed by atoms with van der Waals surface area (Å²) in [5.74, 6) is -0.197. The molecule has 8 heteroatoms. The molecule has 2 aromatic rings. The predicted molar refractivity (Wildman–Crippen MR) is 78.7 cm³/mol. The number of carbonyl (C=O) groups excluding carboxylic acids is 2. The maximum atomic E-state index is 11.9. The first-order chi connectivity index (χ1) is 10.1. The Morgan fingerprint density at radius 1 is 1.43 bits per heavy atom. The number of rotatable bonds is 5. The summed E-state index contributed by atoms with van der Waals surface area (Å²) in [7, 11) is 0. The second-order valence-corrected chi connectivity index (χ2v) is 4.91. The maximum Gasteiger partial charge on any atom is 0.343 e. The van der Waals surface area contributed by atoms with Gasteiger partial charge in [-0.1, -0.05) is 6.07 Å². The van der Waals surface area contributed by atoms with Crippen molar-refractivity contribution < 1.29 is 14.3 Å². The summed E-state index contributed by atoms with van der Waals surface area (Å²) in [4.78, 5) is 32.1. The highest BCUT2D eigenvalue weighted by Gasteiger charge is 2.17. The van der Waals surface area contributed by atoms with Crippen LogP contribution in [0, 0.1) is 0 Å². The molecule has 0 fully saturated rings. The number of aromatic nitrogens is 2. The van der Waals surface area contributed by atoms with Crippen LogP contribution in [-0.4, -0.2) is 28.5 Å². The van der Waals surface area contributed by atoms with E-state index in [1.54, 1.807) is 6.92 Å². The third-order valence-electron chi connectivity index (χ3n) is 2.38. The predicted octanol–water partition coefficient (Wildman–Crippen LogP) is 1.84. The van der Waals surface area contributed by atoms with Crippen LogP contribution in [0.4, 0.5) is 5.82 Å². The monoisotopic (exact) mass is 306 g/mol. The van der Waals surface area contributed by atoms with Gasteiger partial charge in [-0.05, 0) is 18.4 Å². The molecule has 0 aliphatic heterocycles. The second kappa shape index (κ2) is 6.80. The molecule has 0 bridgehead atoms. The molecule has 7 nitrogen and oxygen atoms in total. The first kappa shape index (κ1) is 14.9. The largest absolute Gasteiger partial charge is 0.462 e. The zero-order chi connectivity index (χ0) is 15.2. The van der Waals surface area contributed by atoms with E-state index in [2.05, 4.69) is 20.8 Å². The lowest BCUT2D eigenvalue weighted by molar-refractivity contribution is -0.118. The van der Waals surface area contributed by atoms with Crippen molar-refractivity contribution in [2.45, 2.75) is 13.8 Å². The zero-order valence-corrected chi connectivity index (χ0v) is 12.4. The van der Waals surface area contributed by atoms with E-state index in [0.717, 1.165) is 4.88 Å². The number of anilines is 1. The molecule has 2 aromatic heterocycles. The van der Waals surface area contributed by atoms with Crippen LogP contribution in [-0.2, 0) is 9.53 Å². The standard InChI is InChI=1S/C13H14N4O3S/c1-3-20-13(19)9-7-14-12(10-5-4-6-21-10)15-11(9)17-16-8(2)18/h4-7H,3H2,1-2H3,(H,16,18)(H,14,15,17). The average molecular weight is 306 g/mol. The van der Waals surface area contributed by atoms with Gasteiger partial charge in [-0.3, -0.25) is 15.6 Å². The van der Waals surface area contributed by atoms with Gasteiger partial charge in [0.1, 0.15) is 5.56 Å². The Labute approximate surface area is 125 Å². The van der Waals surface area contributed by atoms with Gasteiger partial charge in [0.25, 0.3) is 0 Å². The van der Waals surface area contributed by atoms with Crippen LogP contribution in [0.1, 0.15) is 24.2 Å². The zero-order valence-electron chi connectivity index (χ0n) is 11.5. The number of carbonyl (C=O) groups is 2. The van der Waals surface area contributed by atoms with E-state index >= 15 is 0 Å². The molecule has 0 aliphatic rings. The van der Waals surface area contributed by atoms with Crippen LogP contribution >= 0.6 is 11.3 Å². The molecular formula is C13H14N4O3S. The number of hydrogen-bond donors (Lipinski definition) is 2. The fourth-order valence-corrected chi connectivity index (χ4v) is 2.17. The molecule has 2 N–H and O–H groups in total. The van der Waals surface area contributed by atoms with Crippen molar-refractivity contribution in [1.29, 1.82) is 0 Å². The number of ether oxygens (including phenoxy) is 1. The molecule has 0 saturated carbocycles. The number of hydrazine groups is 1. The Morgan fingerprint density at radius 3 is 2.86 bits per heavy atom. The molecule has 0 aliphatic carbocycles. The molecular weight excluding hydrogens is 292 g/mol. The third-order valence-corrected chi connectivity index (χ3v) is 3.25. The number of thiophene rings is 1. The first-order valence-corrected chi connectivity index (χ1v) is 7.10. The van der Waals surface area contributed by atoms with Gasteiger partial charge >= 0.3 is 5.97 Å². The molecule has 0 atom stereocenters. The Balaban J connectivity index is 2.35. The van der Waals surface area contributed by atoms with E-state index in [-0.39, 0.29) is 23.9 Å². The van der Waals surface area contributed by atoms with Crippen molar-refractivity contribution in [2.24, 2.45) is 0 Å². The highest BCUT2D eigenvalue weighted by Crippen LogP contribution is 2.23. The van der Waals surface area contributed by atoms with Crippen LogP contribution in [0.5, 0.6) is 0 Å². The summed E-state index contributed by atoms with van der Waals surface area (Å²) in [6.07, 6.45) is 1.38. The maximum absolute atomic E-state index is 11.9. The van der Waals surface area contributed by atoms with Crippen molar-refractivity contribution in [1.82, 2.24) is 15.4 Å². The van der Waals surface area contributed by atoms with Gasteiger partial charge in [-0.15, -0.1) is 11.3 Å². The summed E-state index contributed by atoms with van der Waals surface area (Å²) in [5.41, 5.74) is 5.15. The van der Waals surface area contributed by atoms with Crippen molar-refractivity contribution in [3.05, 3.63) is 29.3 Å². The lowest BCUT2D eigenvalue weighted by Crippen LogP contribution is -2.28. The number of nitrogens with zero attached hydrogens (tertiary/aromatic N) is 2. The Bertz CT molecular complexity index is 643. The lowest BCUT2D eigenvalue weighted by atomic mass is 10.3. The van der Waals surface area contributed by atoms with E-state index in [1.165, 1.54) is 24.5 Å². The normalized spacial score (nSPS) is 10.0. The number of amides is 1. The van der Waals surface area contributed by atoms with Gasteiger partial charge in [0.05, 0.1) is 11.5 Å². The first-order valence-electron chi connectivity index (χ1n) is 6.22. The molecule has 110 valence electrons. The van der Waals surface area contributed by atoms with E-state index in [0.29, 0.717) is 5.82 Å². The van der Waals surface area contributed by atoms with Gasteiger partial charge < -0.3 is 4.74 Å². The molecule has 0 saturated heterocycles. The fourth-order valence-electron chi connectivity index (χ4n) is 1.51. The Kier molecular flexibility index (Phi) is 4.83. The molecule has 1 amide bonds. The summed E-state index contributed by atoms with van der Waals surface area (Å²) < 4.78 is 4.94. The van der Waals surface area contributed by atoms with E-state index in [1.807, 2.05) is 17.5 Å². The average Bonchev–Trinajstić information content (AvgIpc) is 2.99. The molecule has 0 spiro atoms. The molecule has 0 radical (unpaired) electrons. The van der Waals surface area contributed by atoms with Crippen molar-refractivity contribution in [3.63, 3.8) is 0 Å². The van der Waals surface area contributed by atoms with Gasteiger partial charge in [0, 0.05) is 13.1 Å². The van der Waals surface area contributed by atoms with Crippen LogP contribution in [0.15, 0.2) is 23.7 Å². The number of hydrogen-bond acceptors (Lipinski definition) is 7. The SMILES string of the molecule is CCOC(=O)c1cnc(-c2cccs2)nc1NNC(C)=O. The smallest absolute Gasteiger partial charge is 0.343 e. The quantitative estimate of drug-likeness (QED) is 0.647. The summed E-state index contributed by atoms with van der Waals surface area (Å²) in [5, 5.41) is 1.90. The van der Waals surface area contributed by atoms with Crippen molar-refractivity contribution >= 4 is 29.0 Å². The van der Waals surface area contributed by atoms with Gasteiger partial charge in [-0.2, -0.15) is 0 Å². The van der Waals surface area contributed by atoms with Gasteiger partial charge in [-0.25, -0.2) is 14.8 Å². The molecule has 2 heterocycles. The van der Waals surface area contributed by atoms with E-state index < -0.39 is 5.97 Å². The molecule has 2 rings (SSSR count). The van der Waals surface area contributed by atoms with Crippen LogP contribution in [0.3, 0.4) is 0 Å². The molecule has 0 unspecified atom stereocenters. The molecule has 0 aromatic carbocycles.